The van der Waals surface area contributed by atoms with Gasteiger partial charge >= 0.3 is 0 Å². The van der Waals surface area contributed by atoms with Crippen LogP contribution in [0.5, 0.6) is 11.5 Å². The van der Waals surface area contributed by atoms with E-state index < -0.39 is 5.82 Å². The standard InChI is InChI=1S/C19H19ClFNO3/c1-11(12-3-5-18(24-2)16(21)9-12)22-19(23)14-7-13-8-15(20)4-6-17(13)25-10-14/h3-6,8-9,11,14H,7,10H2,1-2H3,(H,22,23)/t11-,14+/m0/s1. The predicted molar refractivity (Wildman–Crippen MR) is 93.7 cm³/mol. The van der Waals surface area contributed by atoms with E-state index >= 15 is 0 Å². The van der Waals surface area contributed by atoms with Crippen LogP contribution in [-0.4, -0.2) is 19.6 Å². The molecule has 4 nitrogen and oxygen atoms in total. The molecule has 1 heterocycles. The molecule has 2 atom stereocenters. The van der Waals surface area contributed by atoms with E-state index in [1.54, 1.807) is 18.2 Å². The highest BCUT2D eigenvalue weighted by Crippen LogP contribution is 2.30. The van der Waals surface area contributed by atoms with Crippen molar-refractivity contribution in [2.45, 2.75) is 19.4 Å². The molecule has 3 rings (SSSR count). The van der Waals surface area contributed by atoms with Crippen molar-refractivity contribution < 1.29 is 18.7 Å². The van der Waals surface area contributed by atoms with Gasteiger partial charge < -0.3 is 14.8 Å². The Morgan fingerprint density at radius 2 is 2.16 bits per heavy atom. The van der Waals surface area contributed by atoms with Crippen molar-refractivity contribution in [3.05, 3.63) is 58.4 Å². The van der Waals surface area contributed by atoms with Crippen LogP contribution in [0.2, 0.25) is 5.02 Å². The molecule has 0 radical (unpaired) electrons. The summed E-state index contributed by atoms with van der Waals surface area (Å²) in [6.07, 6.45) is 0.561. The highest BCUT2D eigenvalue weighted by atomic mass is 35.5. The van der Waals surface area contributed by atoms with E-state index in [0.717, 1.165) is 11.3 Å². The zero-order valence-corrected chi connectivity index (χ0v) is 14.8. The number of fused-ring (bicyclic) bond motifs is 1. The van der Waals surface area contributed by atoms with Gasteiger partial charge in [-0.25, -0.2) is 4.39 Å². The van der Waals surface area contributed by atoms with Crippen LogP contribution in [0.15, 0.2) is 36.4 Å². The highest BCUT2D eigenvalue weighted by Gasteiger charge is 2.27. The molecule has 0 aliphatic carbocycles. The summed E-state index contributed by atoms with van der Waals surface area (Å²) in [5, 5.41) is 3.53. The zero-order chi connectivity index (χ0) is 18.0. The van der Waals surface area contributed by atoms with Crippen molar-refractivity contribution >= 4 is 17.5 Å². The molecular weight excluding hydrogens is 345 g/mol. The number of ether oxygens (including phenoxy) is 2. The Morgan fingerprint density at radius 1 is 1.36 bits per heavy atom. The Kier molecular flexibility index (Phi) is 5.13. The smallest absolute Gasteiger partial charge is 0.227 e. The molecule has 0 fully saturated rings. The fraction of sp³-hybridized carbons (Fsp3) is 0.316. The second-order valence-corrected chi connectivity index (χ2v) is 6.52. The summed E-state index contributed by atoms with van der Waals surface area (Å²) < 4.78 is 24.4. The van der Waals surface area contributed by atoms with Crippen molar-refractivity contribution in [1.29, 1.82) is 0 Å². The first-order valence-electron chi connectivity index (χ1n) is 8.03. The summed E-state index contributed by atoms with van der Waals surface area (Å²) in [7, 11) is 1.41. The lowest BCUT2D eigenvalue weighted by molar-refractivity contribution is -0.126. The normalized spacial score (nSPS) is 17.2. The third-order valence-corrected chi connectivity index (χ3v) is 4.57. The van der Waals surface area contributed by atoms with Crippen molar-refractivity contribution in [1.82, 2.24) is 5.32 Å². The van der Waals surface area contributed by atoms with Crippen LogP contribution >= 0.6 is 11.6 Å². The van der Waals surface area contributed by atoms with Crippen LogP contribution in [-0.2, 0) is 11.2 Å². The van der Waals surface area contributed by atoms with E-state index in [1.807, 2.05) is 19.1 Å². The number of carbonyl (C=O) groups excluding carboxylic acids is 1. The number of benzene rings is 2. The minimum absolute atomic E-state index is 0.130. The third-order valence-electron chi connectivity index (χ3n) is 4.33. The lowest BCUT2D eigenvalue weighted by Crippen LogP contribution is -2.38. The summed E-state index contributed by atoms with van der Waals surface area (Å²) in [6.45, 7) is 2.12. The molecule has 1 aliphatic heterocycles. The first-order valence-corrected chi connectivity index (χ1v) is 8.40. The van der Waals surface area contributed by atoms with E-state index in [-0.39, 0.29) is 23.6 Å². The number of methoxy groups -OCH3 is 1. The summed E-state index contributed by atoms with van der Waals surface area (Å²) in [5.41, 5.74) is 1.59. The molecule has 2 aromatic rings. The van der Waals surface area contributed by atoms with E-state index in [1.165, 1.54) is 13.2 Å². The predicted octanol–water partition coefficient (Wildman–Crippen LogP) is 3.92. The number of rotatable bonds is 4. The number of carbonyl (C=O) groups is 1. The van der Waals surface area contributed by atoms with Gasteiger partial charge in [0.05, 0.1) is 19.1 Å². The third kappa shape index (κ3) is 3.87. The van der Waals surface area contributed by atoms with Crippen molar-refractivity contribution in [2.24, 2.45) is 5.92 Å². The van der Waals surface area contributed by atoms with Crippen LogP contribution in [0.3, 0.4) is 0 Å². The Hall–Kier alpha value is -2.27. The van der Waals surface area contributed by atoms with Gasteiger partial charge in [0.25, 0.3) is 0 Å². The van der Waals surface area contributed by atoms with Crippen LogP contribution in [0.25, 0.3) is 0 Å². The van der Waals surface area contributed by atoms with E-state index in [0.29, 0.717) is 23.6 Å². The zero-order valence-electron chi connectivity index (χ0n) is 14.0. The molecule has 0 saturated heterocycles. The fourth-order valence-corrected chi connectivity index (χ4v) is 3.09. The van der Waals surface area contributed by atoms with Gasteiger partial charge in [-0.3, -0.25) is 4.79 Å². The van der Waals surface area contributed by atoms with E-state index in [2.05, 4.69) is 5.32 Å². The topological polar surface area (TPSA) is 47.6 Å². The molecule has 0 unspecified atom stereocenters. The van der Waals surface area contributed by atoms with Crippen molar-refractivity contribution in [3.63, 3.8) is 0 Å². The maximum atomic E-state index is 13.8. The molecule has 1 amide bonds. The molecule has 132 valence electrons. The van der Waals surface area contributed by atoms with Gasteiger partial charge in [-0.1, -0.05) is 17.7 Å². The summed E-state index contributed by atoms with van der Waals surface area (Å²) >= 11 is 6.01. The molecular formula is C19H19ClFNO3. The number of amides is 1. The summed E-state index contributed by atoms with van der Waals surface area (Å²) in [4.78, 5) is 12.5. The lowest BCUT2D eigenvalue weighted by atomic mass is 9.95. The summed E-state index contributed by atoms with van der Waals surface area (Å²) in [6, 6.07) is 9.73. The maximum absolute atomic E-state index is 13.8. The monoisotopic (exact) mass is 363 g/mol. The molecule has 0 aromatic heterocycles. The molecule has 0 spiro atoms. The molecule has 1 N–H and O–H groups in total. The molecule has 2 aromatic carbocycles. The number of nitrogens with one attached hydrogen (secondary N) is 1. The molecule has 6 heteroatoms. The van der Waals surface area contributed by atoms with Gasteiger partial charge in [-0.2, -0.15) is 0 Å². The van der Waals surface area contributed by atoms with Gasteiger partial charge in [0, 0.05) is 5.02 Å². The van der Waals surface area contributed by atoms with E-state index in [9.17, 15) is 9.18 Å². The average molecular weight is 364 g/mol. The van der Waals surface area contributed by atoms with E-state index in [4.69, 9.17) is 21.1 Å². The lowest BCUT2D eigenvalue weighted by Gasteiger charge is -2.26. The Balaban J connectivity index is 1.67. The Morgan fingerprint density at radius 3 is 2.88 bits per heavy atom. The van der Waals surface area contributed by atoms with Crippen LogP contribution in [0.1, 0.15) is 24.1 Å². The second kappa shape index (κ2) is 7.31. The number of hydrogen-bond donors (Lipinski definition) is 1. The Labute approximate surface area is 150 Å². The largest absolute Gasteiger partial charge is 0.494 e. The molecule has 0 bridgehead atoms. The second-order valence-electron chi connectivity index (χ2n) is 6.09. The van der Waals surface area contributed by atoms with Crippen LogP contribution in [0.4, 0.5) is 4.39 Å². The first-order chi connectivity index (χ1) is 12.0. The molecule has 0 saturated carbocycles. The SMILES string of the molecule is COc1ccc([C@H](C)NC(=O)[C@H]2COc3ccc(Cl)cc3C2)cc1F. The average Bonchev–Trinajstić information content (AvgIpc) is 2.60. The van der Waals surface area contributed by atoms with Gasteiger partial charge in [-0.05, 0) is 54.8 Å². The van der Waals surface area contributed by atoms with Gasteiger partial charge in [0.15, 0.2) is 11.6 Å². The molecule has 1 aliphatic rings. The van der Waals surface area contributed by atoms with Gasteiger partial charge in [-0.15, -0.1) is 0 Å². The fourth-order valence-electron chi connectivity index (χ4n) is 2.90. The van der Waals surface area contributed by atoms with Crippen molar-refractivity contribution in [3.8, 4) is 11.5 Å². The van der Waals surface area contributed by atoms with Crippen LogP contribution < -0.4 is 14.8 Å². The number of hydrogen-bond acceptors (Lipinski definition) is 3. The Bertz CT molecular complexity index is 796. The number of halogens is 2. The van der Waals surface area contributed by atoms with Gasteiger partial charge in [0.1, 0.15) is 12.4 Å². The van der Waals surface area contributed by atoms with Crippen LogP contribution in [0, 0.1) is 11.7 Å². The maximum Gasteiger partial charge on any atom is 0.227 e. The quantitative estimate of drug-likeness (QED) is 0.895. The minimum Gasteiger partial charge on any atom is -0.494 e. The molecule has 25 heavy (non-hydrogen) atoms. The van der Waals surface area contributed by atoms with Gasteiger partial charge in [0.2, 0.25) is 5.91 Å². The summed E-state index contributed by atoms with van der Waals surface area (Å²) in [5.74, 6) is 0.0479. The van der Waals surface area contributed by atoms with Crippen molar-refractivity contribution in [2.75, 3.05) is 13.7 Å². The first kappa shape index (κ1) is 17.5. The highest BCUT2D eigenvalue weighted by molar-refractivity contribution is 6.30. The minimum atomic E-state index is -0.453.